The number of nitrogens with one attached hydrogen (secondary N) is 1. The zero-order valence-electron chi connectivity index (χ0n) is 8.89. The summed E-state index contributed by atoms with van der Waals surface area (Å²) in [6, 6.07) is 4.89. The molecule has 0 saturated carbocycles. The largest absolute Gasteiger partial charge is 0.384 e. The van der Waals surface area contributed by atoms with E-state index in [4.69, 9.17) is 0 Å². The third-order valence-corrected chi connectivity index (χ3v) is 2.98. The molecule has 2 nitrogen and oxygen atoms in total. The first-order valence-electron chi connectivity index (χ1n) is 5.31. The highest BCUT2D eigenvalue weighted by Gasteiger charge is 2.33. The van der Waals surface area contributed by atoms with E-state index >= 15 is 0 Å². The van der Waals surface area contributed by atoms with Crippen LogP contribution in [-0.4, -0.2) is 18.2 Å². The van der Waals surface area contributed by atoms with E-state index in [0.29, 0.717) is 18.5 Å². The fraction of sp³-hybridized carbons (Fsp3) is 0.500. The summed E-state index contributed by atoms with van der Waals surface area (Å²) in [6.07, 6.45) is 1.50. The lowest BCUT2D eigenvalue weighted by Crippen LogP contribution is -2.43. The van der Waals surface area contributed by atoms with Gasteiger partial charge >= 0.3 is 0 Å². The maximum absolute atomic E-state index is 13.6. The second-order valence-corrected chi connectivity index (χ2v) is 4.30. The highest BCUT2D eigenvalue weighted by molar-refractivity contribution is 5.30. The Morgan fingerprint density at radius 3 is 2.93 bits per heavy atom. The van der Waals surface area contributed by atoms with Crippen LogP contribution in [0.15, 0.2) is 18.2 Å². The summed E-state index contributed by atoms with van der Waals surface area (Å²) in [5.74, 6) is -0.313. The van der Waals surface area contributed by atoms with E-state index in [1.807, 2.05) is 6.92 Å². The smallest absolute Gasteiger partial charge is 0.129 e. The third-order valence-electron chi connectivity index (χ3n) is 2.98. The lowest BCUT2D eigenvalue weighted by atomic mass is 9.85. The molecule has 0 spiro atoms. The minimum Gasteiger partial charge on any atom is -0.384 e. The van der Waals surface area contributed by atoms with Gasteiger partial charge in [-0.2, -0.15) is 0 Å². The minimum atomic E-state index is -1.03. The Bertz CT molecular complexity index is 359. The van der Waals surface area contributed by atoms with Crippen molar-refractivity contribution in [3.63, 3.8) is 0 Å². The van der Waals surface area contributed by atoms with Gasteiger partial charge in [0.25, 0.3) is 0 Å². The van der Waals surface area contributed by atoms with Crippen molar-refractivity contribution in [3.8, 4) is 0 Å². The van der Waals surface area contributed by atoms with Crippen molar-refractivity contribution >= 4 is 0 Å². The van der Waals surface area contributed by atoms with Gasteiger partial charge < -0.3 is 10.4 Å². The van der Waals surface area contributed by atoms with Crippen LogP contribution in [0.25, 0.3) is 0 Å². The summed E-state index contributed by atoms with van der Waals surface area (Å²) in [4.78, 5) is 0. The van der Waals surface area contributed by atoms with E-state index in [2.05, 4.69) is 5.32 Å². The summed E-state index contributed by atoms with van der Waals surface area (Å²) in [5, 5.41) is 13.4. The Morgan fingerprint density at radius 1 is 1.47 bits per heavy atom. The second-order valence-electron chi connectivity index (χ2n) is 4.30. The van der Waals surface area contributed by atoms with E-state index in [9.17, 15) is 9.50 Å². The van der Waals surface area contributed by atoms with Gasteiger partial charge in [-0.15, -0.1) is 0 Å². The second kappa shape index (κ2) is 3.91. The molecule has 3 heteroatoms. The summed E-state index contributed by atoms with van der Waals surface area (Å²) >= 11 is 0. The van der Waals surface area contributed by atoms with E-state index in [1.54, 1.807) is 12.1 Å². The van der Waals surface area contributed by atoms with Crippen LogP contribution >= 0.6 is 0 Å². The van der Waals surface area contributed by atoms with Gasteiger partial charge in [0, 0.05) is 12.1 Å². The van der Waals surface area contributed by atoms with E-state index in [0.717, 1.165) is 18.5 Å². The topological polar surface area (TPSA) is 32.3 Å². The molecule has 1 fully saturated rings. The van der Waals surface area contributed by atoms with Crippen molar-refractivity contribution in [2.45, 2.75) is 25.4 Å². The van der Waals surface area contributed by atoms with Crippen molar-refractivity contribution in [1.29, 1.82) is 0 Å². The van der Waals surface area contributed by atoms with Crippen LogP contribution in [0.5, 0.6) is 0 Å². The van der Waals surface area contributed by atoms with Crippen LogP contribution in [0.1, 0.15) is 24.0 Å². The molecule has 1 saturated heterocycles. The van der Waals surface area contributed by atoms with Crippen LogP contribution in [0.3, 0.4) is 0 Å². The third kappa shape index (κ3) is 2.03. The molecule has 82 valence electrons. The maximum Gasteiger partial charge on any atom is 0.129 e. The molecule has 1 aromatic carbocycles. The number of piperidine rings is 1. The zero-order valence-corrected chi connectivity index (χ0v) is 8.89. The van der Waals surface area contributed by atoms with E-state index in [1.165, 1.54) is 6.07 Å². The molecule has 0 radical (unpaired) electrons. The van der Waals surface area contributed by atoms with E-state index < -0.39 is 5.60 Å². The Hall–Kier alpha value is -0.930. The van der Waals surface area contributed by atoms with Gasteiger partial charge in [-0.05, 0) is 32.4 Å². The first-order valence-corrected chi connectivity index (χ1v) is 5.31. The molecule has 0 amide bonds. The minimum absolute atomic E-state index is 0.313. The molecule has 2 rings (SSSR count). The first kappa shape index (κ1) is 10.6. The van der Waals surface area contributed by atoms with Crippen LogP contribution in [-0.2, 0) is 5.60 Å². The normalized spacial score (nSPS) is 26.6. The summed E-state index contributed by atoms with van der Waals surface area (Å²) < 4.78 is 13.6. The molecule has 1 unspecified atom stereocenters. The van der Waals surface area contributed by atoms with Crippen molar-refractivity contribution in [2.75, 3.05) is 13.1 Å². The molecular weight excluding hydrogens is 193 g/mol. The predicted octanol–water partition coefficient (Wildman–Crippen LogP) is 1.71. The van der Waals surface area contributed by atoms with Gasteiger partial charge in [-0.25, -0.2) is 4.39 Å². The number of β-amino-alcohol motifs (C(OH)–C–C–N with tert-alkyl or cyclic N) is 1. The van der Waals surface area contributed by atoms with Gasteiger partial charge in [-0.1, -0.05) is 17.7 Å². The molecular formula is C12H16FNO. The molecule has 1 aromatic rings. The lowest BCUT2D eigenvalue weighted by Gasteiger charge is -2.33. The van der Waals surface area contributed by atoms with Crippen molar-refractivity contribution in [3.05, 3.63) is 35.1 Å². The van der Waals surface area contributed by atoms with Crippen molar-refractivity contribution in [2.24, 2.45) is 0 Å². The average molecular weight is 209 g/mol. The standard InChI is InChI=1S/C12H16FNO/c1-9-3-4-11(13)10(7-9)12(15)5-2-6-14-8-12/h3-4,7,14-15H,2,5-6,8H2,1H3. The van der Waals surface area contributed by atoms with Gasteiger partial charge in [-0.3, -0.25) is 0 Å². The summed E-state index contributed by atoms with van der Waals surface area (Å²) in [7, 11) is 0. The van der Waals surface area contributed by atoms with Crippen molar-refractivity contribution < 1.29 is 9.50 Å². The monoisotopic (exact) mass is 209 g/mol. The maximum atomic E-state index is 13.6. The van der Waals surface area contributed by atoms with Gasteiger partial charge in [0.2, 0.25) is 0 Å². The number of hydrogen-bond donors (Lipinski definition) is 2. The average Bonchev–Trinajstić information content (AvgIpc) is 2.23. The molecule has 0 aliphatic carbocycles. The number of halogens is 1. The molecule has 1 heterocycles. The Kier molecular flexibility index (Phi) is 2.76. The number of benzene rings is 1. The molecule has 0 aromatic heterocycles. The molecule has 1 aliphatic heterocycles. The van der Waals surface area contributed by atoms with Crippen molar-refractivity contribution in [1.82, 2.24) is 5.32 Å². The van der Waals surface area contributed by atoms with Crippen LogP contribution in [0.4, 0.5) is 4.39 Å². The first-order chi connectivity index (χ1) is 7.12. The molecule has 1 atom stereocenters. The van der Waals surface area contributed by atoms with Gasteiger partial charge in [0.05, 0.1) is 0 Å². The van der Waals surface area contributed by atoms with Crippen LogP contribution in [0, 0.1) is 12.7 Å². The molecule has 15 heavy (non-hydrogen) atoms. The quantitative estimate of drug-likeness (QED) is 0.738. The van der Waals surface area contributed by atoms with Crippen LogP contribution < -0.4 is 5.32 Å². The Balaban J connectivity index is 2.38. The SMILES string of the molecule is Cc1ccc(F)c(C2(O)CCCNC2)c1. The number of aliphatic hydroxyl groups is 1. The van der Waals surface area contributed by atoms with E-state index in [-0.39, 0.29) is 5.82 Å². The zero-order chi connectivity index (χ0) is 10.9. The number of hydrogen-bond acceptors (Lipinski definition) is 2. The highest BCUT2D eigenvalue weighted by atomic mass is 19.1. The lowest BCUT2D eigenvalue weighted by molar-refractivity contribution is 0.00904. The van der Waals surface area contributed by atoms with Crippen LogP contribution in [0.2, 0.25) is 0 Å². The molecule has 2 N–H and O–H groups in total. The fourth-order valence-corrected chi connectivity index (χ4v) is 2.12. The highest BCUT2D eigenvalue weighted by Crippen LogP contribution is 2.30. The Morgan fingerprint density at radius 2 is 2.27 bits per heavy atom. The number of rotatable bonds is 1. The molecule has 1 aliphatic rings. The Labute approximate surface area is 89.1 Å². The predicted molar refractivity (Wildman–Crippen MR) is 57.1 cm³/mol. The fourth-order valence-electron chi connectivity index (χ4n) is 2.12. The number of aryl methyl sites for hydroxylation is 1. The summed E-state index contributed by atoms with van der Waals surface area (Å²) in [6.45, 7) is 3.24. The van der Waals surface area contributed by atoms with Gasteiger partial charge in [0.1, 0.15) is 11.4 Å². The van der Waals surface area contributed by atoms with Gasteiger partial charge in [0.15, 0.2) is 0 Å². The molecule has 0 bridgehead atoms. The summed E-state index contributed by atoms with van der Waals surface area (Å²) in [5.41, 5.74) is 0.369.